The zero-order chi connectivity index (χ0) is 19.0. The number of hydrogen-bond acceptors (Lipinski definition) is 4. The van der Waals surface area contributed by atoms with E-state index in [-0.39, 0.29) is 23.5 Å². The van der Waals surface area contributed by atoms with E-state index in [1.807, 2.05) is 31.2 Å². The minimum Gasteiger partial charge on any atom is -0.507 e. The lowest BCUT2D eigenvalue weighted by atomic mass is 9.97. The van der Waals surface area contributed by atoms with Crippen molar-refractivity contribution in [2.45, 2.75) is 19.4 Å². The molecule has 2 aromatic carbocycles. The normalized spacial score (nSPS) is 16.4. The number of aromatic hydroxyl groups is 1. The van der Waals surface area contributed by atoms with E-state index in [0.717, 1.165) is 15.6 Å². The summed E-state index contributed by atoms with van der Waals surface area (Å²) in [6, 6.07) is 16.2. The van der Waals surface area contributed by atoms with Crippen LogP contribution in [-0.4, -0.2) is 21.7 Å². The molecule has 1 aromatic heterocycles. The van der Waals surface area contributed by atoms with Gasteiger partial charge in [-0.2, -0.15) is 5.10 Å². The molecule has 0 spiro atoms. The van der Waals surface area contributed by atoms with E-state index in [1.54, 1.807) is 30.3 Å². The van der Waals surface area contributed by atoms with Gasteiger partial charge in [0.2, 0.25) is 0 Å². The maximum atomic E-state index is 12.9. The van der Waals surface area contributed by atoms with E-state index >= 15 is 0 Å². The highest BCUT2D eigenvalue weighted by atomic mass is 79.9. The summed E-state index contributed by atoms with van der Waals surface area (Å²) in [5, 5.41) is 16.3. The maximum absolute atomic E-state index is 12.9. The van der Waals surface area contributed by atoms with Crippen molar-refractivity contribution in [2.75, 3.05) is 0 Å². The third-order valence-electron chi connectivity index (χ3n) is 4.58. The van der Waals surface area contributed by atoms with Crippen LogP contribution < -0.4 is 0 Å². The summed E-state index contributed by atoms with van der Waals surface area (Å²) in [5.74, 6) is 0.0533. The zero-order valence-corrected chi connectivity index (χ0v) is 16.2. The summed E-state index contributed by atoms with van der Waals surface area (Å²) in [6.07, 6.45) is 1.97. The highest BCUT2D eigenvalue weighted by Crippen LogP contribution is 2.36. The second kappa shape index (κ2) is 7.04. The van der Waals surface area contributed by atoms with Gasteiger partial charge in [-0.3, -0.25) is 4.79 Å². The average Bonchev–Trinajstić information content (AvgIpc) is 3.34. The SMILES string of the molecule is Cc1ccc([C@@H]2CC(c3cc(Br)ccc3O)=NN2C(=O)c2ccco2)cc1. The van der Waals surface area contributed by atoms with Gasteiger partial charge in [0.1, 0.15) is 5.75 Å². The number of hydrogen-bond donors (Lipinski definition) is 1. The summed E-state index contributed by atoms with van der Waals surface area (Å²) in [5.41, 5.74) is 3.38. The van der Waals surface area contributed by atoms with Gasteiger partial charge in [0, 0.05) is 16.5 Å². The standard InChI is InChI=1S/C21H17BrN2O3/c1-13-4-6-14(7-5-13)18-12-17(16-11-15(22)8-9-19(16)25)23-24(18)21(26)20-3-2-10-27-20/h2-11,18,25H,12H2,1H3/t18-/m0/s1. The Morgan fingerprint density at radius 3 is 2.70 bits per heavy atom. The number of benzene rings is 2. The Bertz CT molecular complexity index is 1010. The molecular weight excluding hydrogens is 408 g/mol. The summed E-state index contributed by atoms with van der Waals surface area (Å²) < 4.78 is 6.11. The second-order valence-electron chi connectivity index (χ2n) is 6.47. The van der Waals surface area contributed by atoms with Crippen molar-refractivity contribution in [1.29, 1.82) is 0 Å². The summed E-state index contributed by atoms with van der Waals surface area (Å²) in [4.78, 5) is 12.9. The van der Waals surface area contributed by atoms with Crippen LogP contribution in [0.15, 0.2) is 74.9 Å². The lowest BCUT2D eigenvalue weighted by molar-refractivity contribution is 0.0678. The second-order valence-corrected chi connectivity index (χ2v) is 7.38. The molecule has 5 nitrogen and oxygen atoms in total. The van der Waals surface area contributed by atoms with E-state index in [9.17, 15) is 9.90 Å². The first-order valence-corrected chi connectivity index (χ1v) is 9.32. The first-order chi connectivity index (χ1) is 13.0. The molecule has 2 heterocycles. The Kier molecular flexibility index (Phi) is 4.58. The molecule has 0 saturated carbocycles. The molecule has 0 bridgehead atoms. The molecule has 6 heteroatoms. The maximum Gasteiger partial charge on any atom is 0.310 e. The predicted molar refractivity (Wildman–Crippen MR) is 106 cm³/mol. The van der Waals surface area contributed by atoms with Gasteiger partial charge in [0.25, 0.3) is 0 Å². The fraction of sp³-hybridized carbons (Fsp3) is 0.143. The summed E-state index contributed by atoms with van der Waals surface area (Å²) >= 11 is 3.43. The Labute approximate surface area is 165 Å². The van der Waals surface area contributed by atoms with E-state index in [4.69, 9.17) is 4.42 Å². The van der Waals surface area contributed by atoms with E-state index in [0.29, 0.717) is 17.7 Å². The molecule has 0 saturated heterocycles. The highest BCUT2D eigenvalue weighted by molar-refractivity contribution is 9.10. The molecule has 0 aliphatic carbocycles. The third-order valence-corrected chi connectivity index (χ3v) is 5.08. The van der Waals surface area contributed by atoms with Crippen molar-refractivity contribution in [3.8, 4) is 5.75 Å². The first kappa shape index (κ1) is 17.5. The first-order valence-electron chi connectivity index (χ1n) is 8.53. The van der Waals surface area contributed by atoms with Gasteiger partial charge in [0.15, 0.2) is 5.76 Å². The quantitative estimate of drug-likeness (QED) is 0.639. The Morgan fingerprint density at radius 1 is 1.22 bits per heavy atom. The van der Waals surface area contributed by atoms with Crippen LogP contribution >= 0.6 is 15.9 Å². The molecule has 3 aromatic rings. The van der Waals surface area contributed by atoms with Crippen molar-refractivity contribution in [2.24, 2.45) is 5.10 Å². The van der Waals surface area contributed by atoms with Gasteiger partial charge in [-0.15, -0.1) is 0 Å². The van der Waals surface area contributed by atoms with Crippen molar-refractivity contribution >= 4 is 27.5 Å². The summed E-state index contributed by atoms with van der Waals surface area (Å²) in [7, 11) is 0. The number of nitrogens with zero attached hydrogens (tertiary/aromatic N) is 2. The van der Waals surface area contributed by atoms with Crippen LogP contribution in [0.3, 0.4) is 0 Å². The Hall–Kier alpha value is -2.86. The minimum absolute atomic E-state index is 0.131. The highest BCUT2D eigenvalue weighted by Gasteiger charge is 2.35. The zero-order valence-electron chi connectivity index (χ0n) is 14.6. The fourth-order valence-electron chi connectivity index (χ4n) is 3.16. The number of aryl methyl sites for hydroxylation is 1. The molecule has 0 unspecified atom stereocenters. The van der Waals surface area contributed by atoms with Gasteiger partial charge in [-0.05, 0) is 42.8 Å². The number of rotatable bonds is 3. The van der Waals surface area contributed by atoms with Crippen LogP contribution in [0.25, 0.3) is 0 Å². The number of furan rings is 1. The average molecular weight is 425 g/mol. The number of carbonyl (C=O) groups excluding carboxylic acids is 1. The fourth-order valence-corrected chi connectivity index (χ4v) is 3.52. The molecule has 136 valence electrons. The van der Waals surface area contributed by atoms with E-state index < -0.39 is 0 Å². The molecule has 1 aliphatic heterocycles. The van der Waals surface area contributed by atoms with Crippen LogP contribution in [0.4, 0.5) is 0 Å². The molecule has 4 rings (SSSR count). The number of halogens is 1. The molecule has 1 N–H and O–H groups in total. The van der Waals surface area contributed by atoms with Crippen LogP contribution in [0.2, 0.25) is 0 Å². The monoisotopic (exact) mass is 424 g/mol. The van der Waals surface area contributed by atoms with Crippen molar-refractivity contribution in [3.63, 3.8) is 0 Å². The smallest absolute Gasteiger partial charge is 0.310 e. The van der Waals surface area contributed by atoms with Gasteiger partial charge in [0.05, 0.1) is 18.0 Å². The molecule has 1 amide bonds. The van der Waals surface area contributed by atoms with Crippen LogP contribution in [-0.2, 0) is 0 Å². The number of phenolic OH excluding ortho intramolecular Hbond substituents is 1. The number of amides is 1. The van der Waals surface area contributed by atoms with Crippen LogP contribution in [0.1, 0.15) is 39.7 Å². The molecule has 1 atom stereocenters. The number of phenols is 1. The van der Waals surface area contributed by atoms with Crippen molar-refractivity contribution < 1.29 is 14.3 Å². The topological polar surface area (TPSA) is 66.0 Å². The Morgan fingerprint density at radius 2 is 2.00 bits per heavy atom. The lowest BCUT2D eigenvalue weighted by Crippen LogP contribution is -2.26. The van der Waals surface area contributed by atoms with Gasteiger partial charge >= 0.3 is 5.91 Å². The molecule has 0 fully saturated rings. The van der Waals surface area contributed by atoms with E-state index in [1.165, 1.54) is 11.3 Å². The number of hydrazone groups is 1. The molecule has 0 radical (unpaired) electrons. The van der Waals surface area contributed by atoms with Crippen molar-refractivity contribution in [3.05, 3.63) is 87.8 Å². The minimum atomic E-state index is -0.310. The Balaban J connectivity index is 1.76. The van der Waals surface area contributed by atoms with Crippen LogP contribution in [0, 0.1) is 6.92 Å². The predicted octanol–water partition coefficient (Wildman–Crippen LogP) is 5.05. The third kappa shape index (κ3) is 3.40. The molecule has 1 aliphatic rings. The lowest BCUT2D eigenvalue weighted by Gasteiger charge is -2.21. The van der Waals surface area contributed by atoms with Gasteiger partial charge in [-0.25, -0.2) is 5.01 Å². The molecule has 27 heavy (non-hydrogen) atoms. The molecular formula is C21H17BrN2O3. The summed E-state index contributed by atoms with van der Waals surface area (Å²) in [6.45, 7) is 2.02. The largest absolute Gasteiger partial charge is 0.507 e. The van der Waals surface area contributed by atoms with Gasteiger partial charge in [-0.1, -0.05) is 45.8 Å². The van der Waals surface area contributed by atoms with E-state index in [2.05, 4.69) is 21.0 Å². The number of carbonyl (C=O) groups is 1. The van der Waals surface area contributed by atoms with Crippen LogP contribution in [0.5, 0.6) is 5.75 Å². The van der Waals surface area contributed by atoms with Crippen molar-refractivity contribution in [1.82, 2.24) is 5.01 Å². The van der Waals surface area contributed by atoms with Gasteiger partial charge < -0.3 is 9.52 Å².